The van der Waals surface area contributed by atoms with Crippen LogP contribution in [0.2, 0.25) is 0 Å². The van der Waals surface area contributed by atoms with Gasteiger partial charge >= 0.3 is 0 Å². The summed E-state index contributed by atoms with van der Waals surface area (Å²) in [7, 11) is 0. The van der Waals surface area contributed by atoms with E-state index in [1.54, 1.807) is 18.2 Å². The highest BCUT2D eigenvalue weighted by Gasteiger charge is 2.02. The summed E-state index contributed by atoms with van der Waals surface area (Å²) in [5, 5.41) is 11.0. The number of carbonyl (C=O) groups is 1. The number of hydrogen-bond acceptors (Lipinski definition) is 3. The van der Waals surface area contributed by atoms with Crippen LogP contribution < -0.4 is 0 Å². The summed E-state index contributed by atoms with van der Waals surface area (Å²) < 4.78 is 0. The first kappa shape index (κ1) is 23.2. The number of nitro groups is 1. The highest BCUT2D eigenvalue weighted by molar-refractivity contribution is 5.49. The monoisotopic (exact) mass is 355 g/mol. The van der Waals surface area contributed by atoms with Gasteiger partial charge in [0.25, 0.3) is 5.70 Å². The van der Waals surface area contributed by atoms with Crippen LogP contribution in [0.4, 0.5) is 0 Å². The van der Waals surface area contributed by atoms with E-state index in [-0.39, 0.29) is 5.70 Å². The van der Waals surface area contributed by atoms with E-state index in [9.17, 15) is 14.9 Å². The molecule has 0 saturated heterocycles. The second-order valence-corrected chi connectivity index (χ2v) is 5.34. The highest BCUT2D eigenvalue weighted by atomic mass is 16.6. The third-order valence-corrected chi connectivity index (χ3v) is 3.13. The minimum atomic E-state index is -0.395. The van der Waals surface area contributed by atoms with Gasteiger partial charge in [0.05, 0.1) is 4.92 Å². The molecule has 0 saturated carbocycles. The molecule has 0 N–H and O–H groups in total. The average molecular weight is 355 g/mol. The van der Waals surface area contributed by atoms with Crippen LogP contribution in [0.3, 0.4) is 0 Å². The fourth-order valence-electron chi connectivity index (χ4n) is 1.81. The summed E-state index contributed by atoms with van der Waals surface area (Å²) in [5.41, 5.74) is 0.0580. The Balaban J connectivity index is 4.28. The molecular weight excluding hydrogens is 326 g/mol. The van der Waals surface area contributed by atoms with Gasteiger partial charge in [-0.25, -0.2) is 0 Å². The van der Waals surface area contributed by atoms with Crippen molar-refractivity contribution in [2.24, 2.45) is 0 Å². The summed E-state index contributed by atoms with van der Waals surface area (Å²) in [5.74, 6) is 0. The van der Waals surface area contributed by atoms with Gasteiger partial charge in [-0.2, -0.15) is 0 Å². The van der Waals surface area contributed by atoms with Gasteiger partial charge in [0.2, 0.25) is 0 Å². The molecule has 0 aromatic carbocycles. The average Bonchev–Trinajstić information content (AvgIpc) is 2.63. The molecule has 0 aliphatic rings. The second-order valence-electron chi connectivity index (χ2n) is 5.34. The maximum Gasteiger partial charge on any atom is 0.269 e. The Labute approximate surface area is 156 Å². The molecule has 0 aliphatic heterocycles. The van der Waals surface area contributed by atoms with Gasteiger partial charge in [0.1, 0.15) is 6.29 Å². The van der Waals surface area contributed by atoms with Crippen LogP contribution in [-0.2, 0) is 4.79 Å². The van der Waals surface area contributed by atoms with E-state index in [4.69, 9.17) is 0 Å². The maximum atomic E-state index is 11.0. The number of allylic oxidation sites excluding steroid dienone is 13. The molecule has 0 rings (SSSR count). The Morgan fingerprint density at radius 3 is 2.15 bits per heavy atom. The molecule has 0 fully saturated rings. The summed E-state index contributed by atoms with van der Waals surface area (Å²) in [6.07, 6.45) is 29.8. The molecule has 0 aromatic rings. The topological polar surface area (TPSA) is 60.2 Å². The van der Waals surface area contributed by atoms with E-state index >= 15 is 0 Å². The van der Waals surface area contributed by atoms with Gasteiger partial charge in [-0.1, -0.05) is 73.8 Å². The van der Waals surface area contributed by atoms with E-state index < -0.39 is 4.92 Å². The summed E-state index contributed by atoms with van der Waals surface area (Å²) in [6, 6.07) is 0. The molecule has 0 bridgehead atoms. The lowest BCUT2D eigenvalue weighted by Crippen LogP contribution is -1.94. The van der Waals surface area contributed by atoms with Gasteiger partial charge < -0.3 is 4.79 Å². The Morgan fingerprint density at radius 2 is 1.46 bits per heavy atom. The predicted octanol–water partition coefficient (Wildman–Crippen LogP) is 6.04. The van der Waals surface area contributed by atoms with Crippen molar-refractivity contribution in [3.05, 3.63) is 94.8 Å². The largest absolute Gasteiger partial charge is 0.303 e. The fraction of sp³-hybridized carbons (Fsp3) is 0.318. The first-order valence-electron chi connectivity index (χ1n) is 8.95. The number of carbonyl (C=O) groups excluding carboxylic acids is 1. The van der Waals surface area contributed by atoms with Crippen molar-refractivity contribution in [3.63, 3.8) is 0 Å². The number of hydrogen-bond donors (Lipinski definition) is 0. The minimum absolute atomic E-state index is 0.0580. The maximum absolute atomic E-state index is 11.0. The minimum Gasteiger partial charge on any atom is -0.303 e. The summed E-state index contributed by atoms with van der Waals surface area (Å²) in [4.78, 5) is 20.7. The first-order chi connectivity index (χ1) is 12.7. The lowest BCUT2D eigenvalue weighted by Gasteiger charge is -1.89. The van der Waals surface area contributed by atoms with E-state index in [0.29, 0.717) is 12.8 Å². The van der Waals surface area contributed by atoms with E-state index in [0.717, 1.165) is 32.0 Å². The van der Waals surface area contributed by atoms with E-state index in [2.05, 4.69) is 19.1 Å². The Kier molecular flexibility index (Phi) is 16.6. The van der Waals surface area contributed by atoms with Gasteiger partial charge in [-0.3, -0.25) is 10.1 Å². The van der Waals surface area contributed by atoms with Crippen LogP contribution in [0.1, 0.15) is 45.4 Å². The van der Waals surface area contributed by atoms with Crippen LogP contribution in [0, 0.1) is 10.1 Å². The molecule has 0 heterocycles. The van der Waals surface area contributed by atoms with Crippen molar-refractivity contribution in [1.29, 1.82) is 0 Å². The van der Waals surface area contributed by atoms with Crippen LogP contribution in [-0.4, -0.2) is 11.2 Å². The molecule has 0 aliphatic carbocycles. The van der Waals surface area contributed by atoms with E-state index in [1.807, 2.05) is 36.5 Å². The molecule has 4 heteroatoms. The quantitative estimate of drug-likeness (QED) is 0.0952. The number of aldehydes is 1. The smallest absolute Gasteiger partial charge is 0.269 e. The van der Waals surface area contributed by atoms with Crippen molar-refractivity contribution >= 4 is 6.29 Å². The molecule has 0 radical (unpaired) electrons. The van der Waals surface area contributed by atoms with Crippen molar-refractivity contribution in [2.45, 2.75) is 45.4 Å². The lowest BCUT2D eigenvalue weighted by molar-refractivity contribution is -0.419. The normalized spacial score (nSPS) is 13.5. The van der Waals surface area contributed by atoms with Gasteiger partial charge in [0.15, 0.2) is 0 Å². The van der Waals surface area contributed by atoms with Crippen molar-refractivity contribution in [1.82, 2.24) is 0 Å². The molecule has 140 valence electrons. The van der Waals surface area contributed by atoms with Gasteiger partial charge in [-0.15, -0.1) is 0 Å². The summed E-state index contributed by atoms with van der Waals surface area (Å²) >= 11 is 0. The predicted molar refractivity (Wildman–Crippen MR) is 109 cm³/mol. The molecule has 0 atom stereocenters. The second kappa shape index (κ2) is 18.6. The standard InChI is InChI=1S/C22H29NO3/c1-2-3-4-5-6-10-13-16-19-22(23(25)26)20-17-14-11-8-7-9-12-15-18-21-24/h3-4,6,8-12,14,16-17,19-21H,2,5,7,13,15,18H2,1H3/b4-3+,10-6+,11-8+,12-9+,17-14+,19-16+,22-20-. The first-order valence-corrected chi connectivity index (χ1v) is 8.95. The fourth-order valence-corrected chi connectivity index (χ4v) is 1.81. The Morgan fingerprint density at radius 1 is 0.808 bits per heavy atom. The van der Waals surface area contributed by atoms with Crippen LogP contribution in [0.25, 0.3) is 0 Å². The van der Waals surface area contributed by atoms with Crippen LogP contribution in [0.15, 0.2) is 84.7 Å². The molecule has 26 heavy (non-hydrogen) atoms. The third kappa shape index (κ3) is 16.1. The number of rotatable bonds is 14. The molecule has 0 unspecified atom stereocenters. The molecular formula is C22H29NO3. The molecule has 0 amide bonds. The Hall–Kier alpha value is -2.75. The van der Waals surface area contributed by atoms with Crippen LogP contribution >= 0.6 is 0 Å². The zero-order chi connectivity index (χ0) is 19.3. The SMILES string of the molecule is CC/C=C/C/C=C/C/C=C/C(=C/C=C/C=C/C/C=C/CCC=O)[N+](=O)[O-]. The lowest BCUT2D eigenvalue weighted by atomic mass is 10.2. The third-order valence-electron chi connectivity index (χ3n) is 3.13. The van der Waals surface area contributed by atoms with Gasteiger partial charge in [-0.05, 0) is 32.1 Å². The Bertz CT molecular complexity index is 591. The number of unbranched alkanes of at least 4 members (excludes halogenated alkanes) is 1. The van der Waals surface area contributed by atoms with Crippen molar-refractivity contribution < 1.29 is 9.72 Å². The molecule has 0 spiro atoms. The molecule has 0 aromatic heterocycles. The van der Waals surface area contributed by atoms with E-state index in [1.165, 1.54) is 12.2 Å². The number of nitrogens with zero attached hydrogens (tertiary/aromatic N) is 1. The zero-order valence-corrected chi connectivity index (χ0v) is 15.5. The van der Waals surface area contributed by atoms with Crippen molar-refractivity contribution in [3.8, 4) is 0 Å². The highest BCUT2D eigenvalue weighted by Crippen LogP contribution is 2.01. The van der Waals surface area contributed by atoms with Crippen molar-refractivity contribution in [2.75, 3.05) is 0 Å². The molecule has 4 nitrogen and oxygen atoms in total. The van der Waals surface area contributed by atoms with Gasteiger partial charge in [0, 0.05) is 18.6 Å². The van der Waals surface area contributed by atoms with Crippen LogP contribution in [0.5, 0.6) is 0 Å². The summed E-state index contributed by atoms with van der Waals surface area (Å²) in [6.45, 7) is 2.09. The zero-order valence-electron chi connectivity index (χ0n) is 15.5.